The van der Waals surface area contributed by atoms with E-state index in [0.29, 0.717) is 18.6 Å². The number of hydrogen-bond acceptors (Lipinski definition) is 6. The average molecular weight is 473 g/mol. The second-order valence-electron chi connectivity index (χ2n) is 7.41. The van der Waals surface area contributed by atoms with Crippen LogP contribution in [0.15, 0.2) is 52.5 Å². The molecule has 0 aliphatic carbocycles. The summed E-state index contributed by atoms with van der Waals surface area (Å²) in [6.45, 7) is 15.2. The number of anilines is 1. The van der Waals surface area contributed by atoms with Gasteiger partial charge in [-0.1, -0.05) is 38.1 Å². The van der Waals surface area contributed by atoms with E-state index in [9.17, 15) is 4.79 Å². The van der Waals surface area contributed by atoms with E-state index >= 15 is 0 Å². The van der Waals surface area contributed by atoms with Crippen LogP contribution < -0.4 is 15.5 Å². The first-order valence-electron chi connectivity index (χ1n) is 11.1. The molecule has 7 nitrogen and oxygen atoms in total. The van der Waals surface area contributed by atoms with Crippen LogP contribution in [-0.2, 0) is 16.0 Å². The van der Waals surface area contributed by atoms with Crippen molar-refractivity contribution in [3.05, 3.63) is 53.6 Å². The van der Waals surface area contributed by atoms with Crippen molar-refractivity contribution < 1.29 is 14.3 Å². The maximum absolute atomic E-state index is 12.6. The molecule has 0 saturated carbocycles. The fourth-order valence-electron chi connectivity index (χ4n) is 2.91. The molecule has 2 aromatic carbocycles. The van der Waals surface area contributed by atoms with Crippen LogP contribution in [0.3, 0.4) is 0 Å². The van der Waals surface area contributed by atoms with E-state index in [1.807, 2.05) is 49.6 Å². The summed E-state index contributed by atoms with van der Waals surface area (Å²) in [5.41, 5.74) is 5.11. The fourth-order valence-corrected chi connectivity index (χ4v) is 3.77. The summed E-state index contributed by atoms with van der Waals surface area (Å²) in [6, 6.07) is 14.2. The highest BCUT2D eigenvalue weighted by molar-refractivity contribution is 7.97. The number of amides is 2. The minimum atomic E-state index is 0.00171. The van der Waals surface area contributed by atoms with Crippen molar-refractivity contribution in [1.29, 1.82) is 0 Å². The van der Waals surface area contributed by atoms with Gasteiger partial charge in [-0.25, -0.2) is 4.31 Å². The van der Waals surface area contributed by atoms with Crippen molar-refractivity contribution in [2.75, 3.05) is 18.4 Å². The zero-order chi connectivity index (χ0) is 24.6. The lowest BCUT2D eigenvalue weighted by atomic mass is 10.0. The van der Waals surface area contributed by atoms with E-state index in [2.05, 4.69) is 54.3 Å². The quantitative estimate of drug-likeness (QED) is 0.195. The Balaban J connectivity index is 0.000000981. The molecular formula is C25H36N4O3S. The Labute approximate surface area is 202 Å². The second-order valence-corrected chi connectivity index (χ2v) is 8.58. The number of nitrogens with zero attached hydrogens (tertiary/aromatic N) is 2. The van der Waals surface area contributed by atoms with Gasteiger partial charge in [0.1, 0.15) is 5.75 Å². The van der Waals surface area contributed by atoms with Gasteiger partial charge >= 0.3 is 0 Å². The highest BCUT2D eigenvalue weighted by Crippen LogP contribution is 2.32. The topological polar surface area (TPSA) is 83.0 Å². The van der Waals surface area contributed by atoms with Gasteiger partial charge in [-0.15, -0.1) is 0 Å². The predicted molar refractivity (Wildman–Crippen MR) is 138 cm³/mol. The molecule has 2 aromatic rings. The van der Waals surface area contributed by atoms with Crippen molar-refractivity contribution in [3.8, 4) is 5.75 Å². The Hall–Kier alpha value is -2.84. The number of benzene rings is 2. The minimum Gasteiger partial charge on any atom is -0.489 e. The summed E-state index contributed by atoms with van der Waals surface area (Å²) in [5.74, 6) is 0.713. The maximum Gasteiger partial charge on any atom is 0.227 e. The first-order valence-corrected chi connectivity index (χ1v) is 11.8. The van der Waals surface area contributed by atoms with Crippen molar-refractivity contribution in [3.63, 3.8) is 0 Å². The zero-order valence-corrected chi connectivity index (χ0v) is 21.1. The lowest BCUT2D eigenvalue weighted by molar-refractivity contribution is -0.116. The Kier molecular flexibility index (Phi) is 13.6. The number of aryl methyl sites for hydroxylation is 2. The second kappa shape index (κ2) is 15.9. The van der Waals surface area contributed by atoms with Gasteiger partial charge in [-0.2, -0.15) is 5.10 Å². The van der Waals surface area contributed by atoms with Crippen LogP contribution in [-0.4, -0.2) is 42.5 Å². The normalized spacial score (nSPS) is 10.3. The average Bonchev–Trinajstić information content (AvgIpc) is 2.79. The van der Waals surface area contributed by atoms with Gasteiger partial charge in [-0.05, 0) is 68.5 Å². The predicted octanol–water partition coefficient (Wildman–Crippen LogP) is 5.05. The largest absolute Gasteiger partial charge is 0.489 e. The number of nitrogens with one attached hydrogen (secondary N) is 2. The van der Waals surface area contributed by atoms with Crippen molar-refractivity contribution in [1.82, 2.24) is 9.73 Å². The van der Waals surface area contributed by atoms with E-state index < -0.39 is 0 Å². The zero-order valence-electron chi connectivity index (χ0n) is 20.3. The van der Waals surface area contributed by atoms with Crippen LogP contribution in [0.5, 0.6) is 5.75 Å². The van der Waals surface area contributed by atoms with E-state index in [4.69, 9.17) is 9.53 Å². The molecule has 180 valence electrons. The molecule has 0 atom stereocenters. The Morgan fingerprint density at radius 3 is 2.45 bits per heavy atom. The van der Waals surface area contributed by atoms with Gasteiger partial charge in [0, 0.05) is 31.1 Å². The van der Waals surface area contributed by atoms with Crippen LogP contribution in [0.25, 0.3) is 0 Å². The molecule has 0 spiro atoms. The first kappa shape index (κ1) is 28.2. The molecule has 0 unspecified atom stereocenters. The van der Waals surface area contributed by atoms with Crippen molar-refractivity contribution in [2.45, 2.75) is 58.5 Å². The summed E-state index contributed by atoms with van der Waals surface area (Å²) in [4.78, 5) is 22.8. The van der Waals surface area contributed by atoms with Crippen LogP contribution >= 0.6 is 11.9 Å². The third-order valence-corrected chi connectivity index (χ3v) is 5.79. The molecule has 8 heteroatoms. The fraction of sp³-hybridized carbons (Fsp3) is 0.400. The highest BCUT2D eigenvalue weighted by atomic mass is 32.2. The molecule has 0 bridgehead atoms. The molecule has 2 amide bonds. The van der Waals surface area contributed by atoms with Crippen LogP contribution in [0, 0.1) is 6.92 Å². The highest BCUT2D eigenvalue weighted by Gasteiger charge is 2.13. The van der Waals surface area contributed by atoms with Gasteiger partial charge in [0.15, 0.2) is 0 Å². The molecule has 2 N–H and O–H groups in total. The van der Waals surface area contributed by atoms with E-state index in [1.165, 1.54) is 11.1 Å². The summed E-state index contributed by atoms with van der Waals surface area (Å²) < 4.78 is 8.17. The van der Waals surface area contributed by atoms with Crippen LogP contribution in [0.1, 0.15) is 45.2 Å². The Bertz CT molecular complexity index is 880. The van der Waals surface area contributed by atoms with E-state index in [-0.39, 0.29) is 12.0 Å². The maximum atomic E-state index is 12.6. The number of ether oxygens (including phenoxy) is 1. The van der Waals surface area contributed by atoms with Crippen molar-refractivity contribution >= 4 is 36.7 Å². The number of carbonyl (C=O) groups is 2. The molecule has 0 heterocycles. The Morgan fingerprint density at radius 2 is 1.91 bits per heavy atom. The Morgan fingerprint density at radius 1 is 1.21 bits per heavy atom. The molecule has 0 aromatic heterocycles. The number of rotatable bonds is 12. The number of hydrogen-bond donors (Lipinski definition) is 2. The molecule has 33 heavy (non-hydrogen) atoms. The standard InChI is InChI=1S/C23H32N2O2S.C2H4N2O/c1-6-25(7-2)28-20-13-14-22(27-17(3)4)21(16-20)24-23(26)15-12-19-11-9-8-10-18(19)5;1-3-4-2-5/h8-11,13-14,16-17H,6-7,12,15H2,1-5H3,(H,24,26);2H,1H2,(H,4,5). The summed E-state index contributed by atoms with van der Waals surface area (Å²) in [7, 11) is 0. The lowest BCUT2D eigenvalue weighted by Crippen LogP contribution is -2.16. The smallest absolute Gasteiger partial charge is 0.227 e. The molecule has 0 aliphatic heterocycles. The molecule has 0 aliphatic rings. The van der Waals surface area contributed by atoms with Gasteiger partial charge in [-0.3, -0.25) is 15.0 Å². The summed E-state index contributed by atoms with van der Waals surface area (Å²) in [5, 5.41) is 6.05. The number of hydrazone groups is 1. The van der Waals surface area contributed by atoms with Gasteiger partial charge in [0.05, 0.1) is 11.8 Å². The summed E-state index contributed by atoms with van der Waals surface area (Å²) in [6.07, 6.45) is 1.67. The van der Waals surface area contributed by atoms with Crippen LogP contribution in [0.2, 0.25) is 0 Å². The third-order valence-electron chi connectivity index (χ3n) is 4.55. The van der Waals surface area contributed by atoms with E-state index in [0.717, 1.165) is 30.1 Å². The van der Waals surface area contributed by atoms with E-state index in [1.54, 1.807) is 11.9 Å². The van der Waals surface area contributed by atoms with Gasteiger partial charge in [0.2, 0.25) is 12.3 Å². The minimum absolute atomic E-state index is 0.00171. The lowest BCUT2D eigenvalue weighted by Gasteiger charge is -2.19. The summed E-state index contributed by atoms with van der Waals surface area (Å²) >= 11 is 1.70. The molecular weight excluding hydrogens is 436 g/mol. The van der Waals surface area contributed by atoms with Gasteiger partial charge in [0.25, 0.3) is 0 Å². The number of carbonyl (C=O) groups excluding carboxylic acids is 2. The van der Waals surface area contributed by atoms with Crippen LogP contribution in [0.4, 0.5) is 5.69 Å². The molecule has 0 fully saturated rings. The first-order chi connectivity index (χ1) is 15.8. The monoisotopic (exact) mass is 472 g/mol. The SMILES string of the molecule is C=NNC=O.CCN(CC)Sc1ccc(OC(C)C)c(NC(=O)CCc2ccccc2C)c1. The molecule has 0 saturated heterocycles. The van der Waals surface area contributed by atoms with Crippen molar-refractivity contribution in [2.24, 2.45) is 5.10 Å². The molecule has 0 radical (unpaired) electrons. The van der Waals surface area contributed by atoms with Gasteiger partial charge < -0.3 is 10.1 Å². The molecule has 2 rings (SSSR count). The third kappa shape index (κ3) is 11.0.